The molecule has 2 atom stereocenters. The highest BCUT2D eigenvalue weighted by atomic mass is 16.6. The topological polar surface area (TPSA) is 72.7 Å². The summed E-state index contributed by atoms with van der Waals surface area (Å²) in [6.45, 7) is 3.98. The maximum atomic E-state index is 11.7. The molecule has 0 radical (unpaired) electrons. The average Bonchev–Trinajstić information content (AvgIpc) is 2.48. The van der Waals surface area contributed by atoms with Gasteiger partial charge in [-0.05, 0) is 45.7 Å². The largest absolute Gasteiger partial charge is 0.466 e. The Hall–Kier alpha value is -1.17. The maximum Gasteiger partial charge on any atom is 0.309 e. The Morgan fingerprint density at radius 3 is 2.60 bits per heavy atom. The van der Waals surface area contributed by atoms with Gasteiger partial charge in [-0.2, -0.15) is 0 Å². The predicted octanol–water partition coefficient (Wildman–Crippen LogP) is 1.85. The first-order chi connectivity index (χ1) is 9.61. The lowest BCUT2D eigenvalue weighted by Crippen LogP contribution is -2.46. The van der Waals surface area contributed by atoms with Crippen molar-refractivity contribution in [2.75, 3.05) is 19.7 Å². The van der Waals surface area contributed by atoms with E-state index in [-0.39, 0.29) is 22.9 Å². The Balaban J connectivity index is 1.81. The number of hydrogen-bond donors (Lipinski definition) is 0. The van der Waals surface area contributed by atoms with Crippen molar-refractivity contribution in [1.82, 2.24) is 4.90 Å². The van der Waals surface area contributed by atoms with Crippen LogP contribution in [0.4, 0.5) is 0 Å². The Kier molecular flexibility index (Phi) is 5.34. The molecule has 0 N–H and O–H groups in total. The van der Waals surface area contributed by atoms with E-state index in [9.17, 15) is 14.9 Å². The average molecular weight is 284 g/mol. The highest BCUT2D eigenvalue weighted by molar-refractivity contribution is 5.72. The molecule has 1 aliphatic carbocycles. The van der Waals surface area contributed by atoms with Crippen molar-refractivity contribution >= 4 is 5.97 Å². The Morgan fingerprint density at radius 1 is 1.30 bits per heavy atom. The summed E-state index contributed by atoms with van der Waals surface area (Å²) >= 11 is 0. The van der Waals surface area contributed by atoms with Gasteiger partial charge in [0.25, 0.3) is 0 Å². The Labute approximate surface area is 119 Å². The van der Waals surface area contributed by atoms with Crippen LogP contribution < -0.4 is 0 Å². The van der Waals surface area contributed by atoms with Gasteiger partial charge in [-0.15, -0.1) is 0 Å². The van der Waals surface area contributed by atoms with Crippen LogP contribution in [-0.2, 0) is 9.53 Å². The number of ether oxygens (including phenoxy) is 1. The number of carbonyl (C=O) groups excluding carboxylic acids is 1. The summed E-state index contributed by atoms with van der Waals surface area (Å²) in [5, 5.41) is 10.9. The van der Waals surface area contributed by atoms with E-state index in [1.807, 2.05) is 6.92 Å². The fraction of sp³-hybridized carbons (Fsp3) is 0.929. The molecule has 114 valence electrons. The number of hydrogen-bond acceptors (Lipinski definition) is 5. The second kappa shape index (κ2) is 7.02. The summed E-state index contributed by atoms with van der Waals surface area (Å²) in [6.07, 6.45) is 5.00. The van der Waals surface area contributed by atoms with Crippen LogP contribution in [-0.4, -0.2) is 47.6 Å². The number of nitrogens with zero attached hydrogens (tertiary/aromatic N) is 2. The van der Waals surface area contributed by atoms with Crippen molar-refractivity contribution in [1.29, 1.82) is 0 Å². The fourth-order valence-electron chi connectivity index (χ4n) is 3.42. The zero-order valence-electron chi connectivity index (χ0n) is 12.1. The van der Waals surface area contributed by atoms with Crippen molar-refractivity contribution in [2.24, 2.45) is 5.92 Å². The molecule has 0 aromatic carbocycles. The van der Waals surface area contributed by atoms with E-state index in [0.717, 1.165) is 38.8 Å². The van der Waals surface area contributed by atoms with E-state index in [0.29, 0.717) is 25.5 Å². The van der Waals surface area contributed by atoms with E-state index >= 15 is 0 Å². The van der Waals surface area contributed by atoms with Crippen LogP contribution in [0.2, 0.25) is 0 Å². The lowest BCUT2D eigenvalue weighted by atomic mass is 9.88. The van der Waals surface area contributed by atoms with Crippen LogP contribution in [0, 0.1) is 16.0 Å². The molecule has 2 aliphatic rings. The molecule has 0 aromatic rings. The molecular formula is C14H24N2O4. The first kappa shape index (κ1) is 15.2. The molecular weight excluding hydrogens is 260 g/mol. The molecule has 1 aliphatic heterocycles. The van der Waals surface area contributed by atoms with Gasteiger partial charge in [0.2, 0.25) is 6.04 Å². The van der Waals surface area contributed by atoms with E-state index in [1.54, 1.807) is 0 Å². The summed E-state index contributed by atoms with van der Waals surface area (Å²) in [5.74, 6) is -0.0694. The highest BCUT2D eigenvalue weighted by Gasteiger charge is 2.35. The summed E-state index contributed by atoms with van der Waals surface area (Å²) in [5.41, 5.74) is 0. The summed E-state index contributed by atoms with van der Waals surface area (Å²) in [7, 11) is 0. The first-order valence-corrected chi connectivity index (χ1v) is 7.66. The first-order valence-electron chi connectivity index (χ1n) is 7.66. The third-order valence-electron chi connectivity index (χ3n) is 4.58. The predicted molar refractivity (Wildman–Crippen MR) is 74.0 cm³/mol. The van der Waals surface area contributed by atoms with Gasteiger partial charge in [0.1, 0.15) is 0 Å². The second-order valence-corrected chi connectivity index (χ2v) is 5.82. The quantitative estimate of drug-likeness (QED) is 0.447. The van der Waals surface area contributed by atoms with E-state index in [1.165, 1.54) is 0 Å². The molecule has 20 heavy (non-hydrogen) atoms. The third-order valence-corrected chi connectivity index (χ3v) is 4.58. The van der Waals surface area contributed by atoms with Gasteiger partial charge in [0.05, 0.1) is 12.5 Å². The molecule has 2 rings (SSSR count). The standard InChI is InChI=1S/C14H24N2O4/c1-2-20-14(17)11-6-8-15(9-7-11)12-4-3-5-13(10-12)16(18)19/h11-13H,2-10H2,1H3. The molecule has 0 bridgehead atoms. The van der Waals surface area contributed by atoms with Crippen LogP contribution in [0.25, 0.3) is 0 Å². The second-order valence-electron chi connectivity index (χ2n) is 5.82. The lowest BCUT2D eigenvalue weighted by Gasteiger charge is -2.39. The summed E-state index contributed by atoms with van der Waals surface area (Å²) in [6, 6.07) is -0.0566. The van der Waals surface area contributed by atoms with E-state index < -0.39 is 0 Å². The van der Waals surface area contributed by atoms with Crippen molar-refractivity contribution in [3.05, 3.63) is 10.1 Å². The normalized spacial score (nSPS) is 29.1. The maximum absolute atomic E-state index is 11.7. The van der Waals surface area contributed by atoms with Gasteiger partial charge in [0.15, 0.2) is 0 Å². The molecule has 1 saturated carbocycles. The summed E-state index contributed by atoms with van der Waals surface area (Å²) in [4.78, 5) is 24.8. The number of nitro groups is 1. The van der Waals surface area contributed by atoms with E-state index in [2.05, 4.69) is 4.90 Å². The van der Waals surface area contributed by atoms with Gasteiger partial charge >= 0.3 is 5.97 Å². The highest BCUT2D eigenvalue weighted by Crippen LogP contribution is 2.28. The smallest absolute Gasteiger partial charge is 0.309 e. The molecule has 6 heteroatoms. The summed E-state index contributed by atoms with van der Waals surface area (Å²) < 4.78 is 5.06. The van der Waals surface area contributed by atoms with Crippen LogP contribution >= 0.6 is 0 Å². The van der Waals surface area contributed by atoms with Gasteiger partial charge in [-0.3, -0.25) is 14.9 Å². The fourth-order valence-corrected chi connectivity index (χ4v) is 3.42. The minimum absolute atomic E-state index is 0.0149. The SMILES string of the molecule is CCOC(=O)C1CCN(C2CCCC([N+](=O)[O-])C2)CC1. The van der Waals surface area contributed by atoms with Crippen molar-refractivity contribution in [3.8, 4) is 0 Å². The number of esters is 1. The van der Waals surface area contributed by atoms with Gasteiger partial charge in [-0.25, -0.2) is 0 Å². The zero-order valence-corrected chi connectivity index (χ0v) is 12.1. The minimum atomic E-state index is -0.378. The molecule has 0 amide bonds. The molecule has 1 saturated heterocycles. The van der Waals surface area contributed by atoms with Crippen LogP contribution in [0.1, 0.15) is 45.4 Å². The Bertz CT molecular complexity index is 353. The molecule has 1 heterocycles. The van der Waals surface area contributed by atoms with Crippen LogP contribution in [0.3, 0.4) is 0 Å². The molecule has 2 unspecified atom stereocenters. The van der Waals surface area contributed by atoms with E-state index in [4.69, 9.17) is 4.74 Å². The third kappa shape index (κ3) is 3.69. The molecule has 0 aromatic heterocycles. The van der Waals surface area contributed by atoms with Gasteiger partial charge in [0, 0.05) is 23.8 Å². The number of piperidine rings is 1. The van der Waals surface area contributed by atoms with Crippen molar-refractivity contribution in [2.45, 2.75) is 57.5 Å². The number of rotatable bonds is 4. The monoisotopic (exact) mass is 284 g/mol. The molecule has 2 fully saturated rings. The van der Waals surface area contributed by atoms with Crippen LogP contribution in [0.5, 0.6) is 0 Å². The molecule has 6 nitrogen and oxygen atoms in total. The lowest BCUT2D eigenvalue weighted by molar-refractivity contribution is -0.527. The van der Waals surface area contributed by atoms with Gasteiger partial charge < -0.3 is 9.64 Å². The van der Waals surface area contributed by atoms with Crippen LogP contribution in [0.15, 0.2) is 0 Å². The van der Waals surface area contributed by atoms with Crippen molar-refractivity contribution in [3.63, 3.8) is 0 Å². The molecule has 0 spiro atoms. The minimum Gasteiger partial charge on any atom is -0.466 e. The zero-order chi connectivity index (χ0) is 14.5. The van der Waals surface area contributed by atoms with Crippen molar-refractivity contribution < 1.29 is 14.5 Å². The number of likely N-dealkylation sites (tertiary alicyclic amines) is 1. The Morgan fingerprint density at radius 2 is 2.00 bits per heavy atom. The van der Waals surface area contributed by atoms with Gasteiger partial charge in [-0.1, -0.05) is 0 Å². The number of carbonyl (C=O) groups is 1.